The number of nitrogens with zero attached hydrogens (tertiary/aromatic N) is 3. The molecule has 0 fully saturated rings. The largest absolute Gasteiger partial charge is 0.373 e. The second kappa shape index (κ2) is 5.87. The highest BCUT2D eigenvalue weighted by molar-refractivity contribution is 5.78. The third kappa shape index (κ3) is 2.70. The van der Waals surface area contributed by atoms with Crippen LogP contribution in [0.1, 0.15) is 23.9 Å². The standard InChI is InChI=1S/C17H18N4/c1-3-14-16(19-11-20-17(14)18-2)10-13-9-8-12-6-4-5-7-15(12)21-13/h4-9,11H,3,10H2,1-2H3,(H,18,19,20). The molecule has 0 spiro atoms. The number of rotatable bonds is 4. The average Bonchev–Trinajstić information content (AvgIpc) is 2.54. The van der Waals surface area contributed by atoms with Crippen LogP contribution < -0.4 is 5.32 Å². The van der Waals surface area contributed by atoms with Crippen LogP contribution in [0.5, 0.6) is 0 Å². The van der Waals surface area contributed by atoms with Crippen LogP contribution in [-0.4, -0.2) is 22.0 Å². The van der Waals surface area contributed by atoms with Crippen LogP contribution in [0.25, 0.3) is 10.9 Å². The molecule has 2 heterocycles. The molecular formula is C17H18N4. The van der Waals surface area contributed by atoms with Crippen molar-refractivity contribution in [3.05, 3.63) is 59.7 Å². The fourth-order valence-electron chi connectivity index (χ4n) is 2.57. The summed E-state index contributed by atoms with van der Waals surface area (Å²) in [5.41, 5.74) is 4.26. The molecule has 3 rings (SSSR count). The maximum Gasteiger partial charge on any atom is 0.132 e. The van der Waals surface area contributed by atoms with Gasteiger partial charge < -0.3 is 5.32 Å². The minimum atomic E-state index is 0.727. The highest BCUT2D eigenvalue weighted by Gasteiger charge is 2.10. The predicted octanol–water partition coefficient (Wildman–Crippen LogP) is 3.22. The summed E-state index contributed by atoms with van der Waals surface area (Å²) < 4.78 is 0. The van der Waals surface area contributed by atoms with E-state index >= 15 is 0 Å². The molecule has 0 saturated heterocycles. The number of nitrogens with one attached hydrogen (secondary N) is 1. The van der Waals surface area contributed by atoms with Gasteiger partial charge in [0.1, 0.15) is 12.1 Å². The van der Waals surface area contributed by atoms with Crippen molar-refractivity contribution in [2.24, 2.45) is 0 Å². The number of aromatic nitrogens is 3. The van der Waals surface area contributed by atoms with Crippen molar-refractivity contribution < 1.29 is 0 Å². The molecule has 1 aromatic carbocycles. The van der Waals surface area contributed by atoms with Crippen LogP contribution in [0.3, 0.4) is 0 Å². The molecule has 0 amide bonds. The molecule has 21 heavy (non-hydrogen) atoms. The number of pyridine rings is 1. The molecule has 4 nitrogen and oxygen atoms in total. The van der Waals surface area contributed by atoms with Gasteiger partial charge in [-0.25, -0.2) is 9.97 Å². The van der Waals surface area contributed by atoms with Gasteiger partial charge in [-0.3, -0.25) is 4.98 Å². The Hall–Kier alpha value is -2.49. The number of fused-ring (bicyclic) bond motifs is 1. The molecular weight excluding hydrogens is 260 g/mol. The van der Waals surface area contributed by atoms with Gasteiger partial charge in [-0.1, -0.05) is 31.2 Å². The minimum Gasteiger partial charge on any atom is -0.373 e. The quantitative estimate of drug-likeness (QED) is 0.796. The van der Waals surface area contributed by atoms with Gasteiger partial charge in [-0.15, -0.1) is 0 Å². The monoisotopic (exact) mass is 278 g/mol. The van der Waals surface area contributed by atoms with Gasteiger partial charge in [-0.05, 0) is 18.6 Å². The summed E-state index contributed by atoms with van der Waals surface area (Å²) in [5.74, 6) is 0.906. The van der Waals surface area contributed by atoms with Crippen molar-refractivity contribution >= 4 is 16.7 Å². The number of benzene rings is 1. The van der Waals surface area contributed by atoms with E-state index in [1.54, 1.807) is 6.33 Å². The second-order valence-corrected chi connectivity index (χ2v) is 4.92. The second-order valence-electron chi connectivity index (χ2n) is 4.92. The number of hydrogen-bond donors (Lipinski definition) is 1. The molecule has 0 atom stereocenters. The van der Waals surface area contributed by atoms with E-state index in [0.29, 0.717) is 0 Å². The van der Waals surface area contributed by atoms with Gasteiger partial charge in [0, 0.05) is 30.1 Å². The first-order chi connectivity index (χ1) is 10.3. The molecule has 2 aromatic heterocycles. The van der Waals surface area contributed by atoms with E-state index in [0.717, 1.165) is 46.5 Å². The van der Waals surface area contributed by atoms with Gasteiger partial charge >= 0.3 is 0 Å². The molecule has 0 radical (unpaired) electrons. The smallest absolute Gasteiger partial charge is 0.132 e. The third-order valence-corrected chi connectivity index (χ3v) is 3.63. The Morgan fingerprint density at radius 1 is 1.05 bits per heavy atom. The SMILES string of the molecule is CCc1c(Cc2ccc3ccccc3n2)ncnc1NC. The van der Waals surface area contributed by atoms with Crippen molar-refractivity contribution in [1.29, 1.82) is 0 Å². The molecule has 0 saturated carbocycles. The maximum absolute atomic E-state index is 4.72. The van der Waals surface area contributed by atoms with Gasteiger partial charge in [0.2, 0.25) is 0 Å². The zero-order chi connectivity index (χ0) is 14.7. The summed E-state index contributed by atoms with van der Waals surface area (Å²) in [6, 6.07) is 12.3. The Bertz CT molecular complexity index is 768. The molecule has 0 aliphatic heterocycles. The van der Waals surface area contributed by atoms with E-state index in [-0.39, 0.29) is 0 Å². The van der Waals surface area contributed by atoms with Crippen molar-refractivity contribution in [3.8, 4) is 0 Å². The Balaban J connectivity index is 1.98. The van der Waals surface area contributed by atoms with Gasteiger partial charge in [0.25, 0.3) is 0 Å². The number of hydrogen-bond acceptors (Lipinski definition) is 4. The van der Waals surface area contributed by atoms with Crippen molar-refractivity contribution in [2.45, 2.75) is 19.8 Å². The Morgan fingerprint density at radius 2 is 1.90 bits per heavy atom. The van der Waals surface area contributed by atoms with E-state index < -0.39 is 0 Å². The van der Waals surface area contributed by atoms with Crippen LogP contribution in [0.4, 0.5) is 5.82 Å². The molecule has 0 bridgehead atoms. The summed E-state index contributed by atoms with van der Waals surface area (Å²) in [7, 11) is 1.89. The van der Waals surface area contributed by atoms with E-state index in [1.165, 1.54) is 0 Å². The lowest BCUT2D eigenvalue weighted by atomic mass is 10.1. The number of anilines is 1. The zero-order valence-corrected chi connectivity index (χ0v) is 12.3. The highest BCUT2D eigenvalue weighted by atomic mass is 15.0. The van der Waals surface area contributed by atoms with Crippen molar-refractivity contribution in [2.75, 3.05) is 12.4 Å². The Morgan fingerprint density at radius 3 is 2.71 bits per heavy atom. The van der Waals surface area contributed by atoms with Crippen molar-refractivity contribution in [3.63, 3.8) is 0 Å². The van der Waals surface area contributed by atoms with Gasteiger partial charge in [0.15, 0.2) is 0 Å². The van der Waals surface area contributed by atoms with E-state index in [1.807, 2.05) is 25.2 Å². The lowest BCUT2D eigenvalue weighted by Gasteiger charge is -2.11. The molecule has 1 N–H and O–H groups in total. The van der Waals surface area contributed by atoms with Crippen LogP contribution in [-0.2, 0) is 12.8 Å². The normalized spacial score (nSPS) is 10.8. The van der Waals surface area contributed by atoms with Gasteiger partial charge in [-0.2, -0.15) is 0 Å². The molecule has 0 unspecified atom stereocenters. The summed E-state index contributed by atoms with van der Waals surface area (Å²) in [6.07, 6.45) is 3.24. The van der Waals surface area contributed by atoms with Crippen LogP contribution in [0, 0.1) is 0 Å². The summed E-state index contributed by atoms with van der Waals surface area (Å²) in [5, 5.41) is 4.29. The van der Waals surface area contributed by atoms with Crippen molar-refractivity contribution in [1.82, 2.24) is 15.0 Å². The maximum atomic E-state index is 4.72. The summed E-state index contributed by atoms with van der Waals surface area (Å²) >= 11 is 0. The van der Waals surface area contributed by atoms with Crippen LogP contribution >= 0.6 is 0 Å². The van der Waals surface area contributed by atoms with Crippen LogP contribution in [0.15, 0.2) is 42.7 Å². The first-order valence-corrected chi connectivity index (χ1v) is 7.17. The Kier molecular flexibility index (Phi) is 3.77. The third-order valence-electron chi connectivity index (χ3n) is 3.63. The molecule has 3 aromatic rings. The van der Waals surface area contributed by atoms with E-state index in [2.05, 4.69) is 40.4 Å². The van der Waals surface area contributed by atoms with E-state index in [9.17, 15) is 0 Å². The summed E-state index contributed by atoms with van der Waals surface area (Å²) in [6.45, 7) is 2.12. The topological polar surface area (TPSA) is 50.7 Å². The molecule has 4 heteroatoms. The summed E-state index contributed by atoms with van der Waals surface area (Å²) in [4.78, 5) is 13.4. The average molecular weight is 278 g/mol. The predicted molar refractivity (Wildman–Crippen MR) is 85.5 cm³/mol. The first kappa shape index (κ1) is 13.5. The molecule has 106 valence electrons. The fourth-order valence-corrected chi connectivity index (χ4v) is 2.57. The highest BCUT2D eigenvalue weighted by Crippen LogP contribution is 2.19. The zero-order valence-electron chi connectivity index (χ0n) is 12.3. The van der Waals surface area contributed by atoms with E-state index in [4.69, 9.17) is 4.98 Å². The molecule has 0 aliphatic carbocycles. The molecule has 0 aliphatic rings. The Labute approximate surface area is 124 Å². The minimum absolute atomic E-state index is 0.727. The van der Waals surface area contributed by atoms with Gasteiger partial charge in [0.05, 0.1) is 11.2 Å². The first-order valence-electron chi connectivity index (χ1n) is 7.17. The fraction of sp³-hybridized carbons (Fsp3) is 0.235. The number of para-hydroxylation sites is 1. The lowest BCUT2D eigenvalue weighted by molar-refractivity contribution is 0.934. The lowest BCUT2D eigenvalue weighted by Crippen LogP contribution is -2.06. The van der Waals surface area contributed by atoms with Crippen LogP contribution in [0.2, 0.25) is 0 Å².